The van der Waals surface area contributed by atoms with Gasteiger partial charge in [-0.15, -0.1) is 0 Å². The summed E-state index contributed by atoms with van der Waals surface area (Å²) >= 11 is 5.80. The van der Waals surface area contributed by atoms with Crippen molar-refractivity contribution in [1.82, 2.24) is 0 Å². The van der Waals surface area contributed by atoms with Gasteiger partial charge in [0.25, 0.3) is 11.6 Å². The van der Waals surface area contributed by atoms with E-state index in [9.17, 15) is 24.1 Å². The van der Waals surface area contributed by atoms with Gasteiger partial charge in [-0.2, -0.15) is 0 Å². The van der Waals surface area contributed by atoms with Crippen molar-refractivity contribution >= 4 is 40.5 Å². The molecule has 1 atom stereocenters. The molecule has 136 valence electrons. The normalized spacial score (nSPS) is 11.5. The lowest BCUT2D eigenvalue weighted by atomic mass is 10.1. The van der Waals surface area contributed by atoms with Crippen LogP contribution in [0.25, 0.3) is 0 Å². The number of nitrogen functional groups attached to an aromatic ring is 1. The Balaban J connectivity index is 2.10. The van der Waals surface area contributed by atoms with Gasteiger partial charge in [0.1, 0.15) is 5.82 Å². The van der Waals surface area contributed by atoms with E-state index in [2.05, 4.69) is 5.32 Å². The van der Waals surface area contributed by atoms with Crippen molar-refractivity contribution in [3.63, 3.8) is 0 Å². The van der Waals surface area contributed by atoms with Crippen LogP contribution in [-0.2, 0) is 9.53 Å². The Labute approximate surface area is 151 Å². The van der Waals surface area contributed by atoms with E-state index in [-0.39, 0.29) is 27.6 Å². The zero-order valence-electron chi connectivity index (χ0n) is 13.4. The van der Waals surface area contributed by atoms with Gasteiger partial charge in [-0.05, 0) is 31.2 Å². The Morgan fingerprint density at radius 3 is 2.62 bits per heavy atom. The predicted molar refractivity (Wildman–Crippen MR) is 92.4 cm³/mol. The fourth-order valence-electron chi connectivity index (χ4n) is 1.94. The molecular formula is C16H13ClFN3O5. The van der Waals surface area contributed by atoms with Crippen molar-refractivity contribution in [3.8, 4) is 0 Å². The summed E-state index contributed by atoms with van der Waals surface area (Å²) in [5.74, 6) is -2.30. The van der Waals surface area contributed by atoms with Crippen LogP contribution in [0.2, 0.25) is 5.02 Å². The molecule has 0 saturated carbocycles. The molecule has 0 aliphatic heterocycles. The maximum atomic E-state index is 13.0. The Morgan fingerprint density at radius 2 is 2.00 bits per heavy atom. The van der Waals surface area contributed by atoms with E-state index in [1.165, 1.54) is 19.1 Å². The van der Waals surface area contributed by atoms with Gasteiger partial charge in [0, 0.05) is 17.8 Å². The topological polar surface area (TPSA) is 125 Å². The van der Waals surface area contributed by atoms with Gasteiger partial charge in [-0.1, -0.05) is 11.6 Å². The Bertz CT molecular complexity index is 890. The number of nitrogens with zero attached hydrogens (tertiary/aromatic N) is 1. The standard InChI is InChI=1S/C16H13ClFN3O5/c1-8(15(22)20-14-5-2-9(18)6-12(14)17)26-16(23)11-7-10(21(24)25)3-4-13(11)19/h2-8H,19H2,1H3,(H,20,22)/t8-/m1/s1. The van der Waals surface area contributed by atoms with Crippen molar-refractivity contribution in [2.24, 2.45) is 0 Å². The van der Waals surface area contributed by atoms with Crippen molar-refractivity contribution in [2.45, 2.75) is 13.0 Å². The molecule has 0 aliphatic rings. The summed E-state index contributed by atoms with van der Waals surface area (Å²) < 4.78 is 18.0. The van der Waals surface area contributed by atoms with Crippen LogP contribution in [0.3, 0.4) is 0 Å². The largest absolute Gasteiger partial charge is 0.449 e. The monoisotopic (exact) mass is 381 g/mol. The van der Waals surface area contributed by atoms with Gasteiger partial charge in [-0.3, -0.25) is 14.9 Å². The summed E-state index contributed by atoms with van der Waals surface area (Å²) in [6, 6.07) is 6.65. The molecule has 26 heavy (non-hydrogen) atoms. The van der Waals surface area contributed by atoms with Crippen molar-refractivity contribution in [1.29, 1.82) is 0 Å². The summed E-state index contributed by atoms with van der Waals surface area (Å²) in [7, 11) is 0. The van der Waals surface area contributed by atoms with Crippen LogP contribution in [0.1, 0.15) is 17.3 Å². The lowest BCUT2D eigenvalue weighted by molar-refractivity contribution is -0.384. The van der Waals surface area contributed by atoms with Crippen LogP contribution < -0.4 is 11.1 Å². The Hall–Kier alpha value is -3.20. The van der Waals surface area contributed by atoms with Crippen LogP contribution in [0.5, 0.6) is 0 Å². The number of carbonyl (C=O) groups is 2. The summed E-state index contributed by atoms with van der Waals surface area (Å²) in [6.45, 7) is 1.29. The molecule has 0 heterocycles. The second-order valence-electron chi connectivity index (χ2n) is 5.19. The molecule has 0 spiro atoms. The summed E-state index contributed by atoms with van der Waals surface area (Å²) in [6.07, 6.45) is -1.26. The summed E-state index contributed by atoms with van der Waals surface area (Å²) in [5.41, 5.74) is 5.14. The zero-order chi connectivity index (χ0) is 19.4. The smallest absolute Gasteiger partial charge is 0.341 e. The third-order valence-electron chi connectivity index (χ3n) is 3.31. The molecule has 2 aromatic carbocycles. The molecule has 0 radical (unpaired) electrons. The Morgan fingerprint density at radius 1 is 1.31 bits per heavy atom. The minimum Gasteiger partial charge on any atom is -0.449 e. The van der Waals surface area contributed by atoms with E-state index < -0.39 is 28.7 Å². The first kappa shape index (κ1) is 19.1. The molecule has 1 amide bonds. The molecule has 0 unspecified atom stereocenters. The van der Waals surface area contributed by atoms with E-state index in [0.29, 0.717) is 0 Å². The Kier molecular flexibility index (Phi) is 5.73. The van der Waals surface area contributed by atoms with E-state index in [4.69, 9.17) is 22.1 Å². The lowest BCUT2D eigenvalue weighted by Gasteiger charge is -2.15. The molecule has 0 fully saturated rings. The number of halogens is 2. The molecule has 0 saturated heterocycles. The fourth-order valence-corrected chi connectivity index (χ4v) is 2.15. The molecule has 8 nitrogen and oxygen atoms in total. The number of benzene rings is 2. The summed E-state index contributed by atoms with van der Waals surface area (Å²) in [5, 5.41) is 13.1. The number of nitrogens with one attached hydrogen (secondary N) is 1. The summed E-state index contributed by atoms with van der Waals surface area (Å²) in [4.78, 5) is 34.3. The number of non-ortho nitro benzene ring substituents is 1. The minimum absolute atomic E-state index is 0.0280. The maximum Gasteiger partial charge on any atom is 0.341 e. The fraction of sp³-hybridized carbons (Fsp3) is 0.125. The second kappa shape index (κ2) is 7.79. The number of nitro groups is 1. The van der Waals surface area contributed by atoms with Gasteiger partial charge in [0.05, 0.1) is 21.2 Å². The number of nitrogens with two attached hydrogens (primary N) is 1. The van der Waals surface area contributed by atoms with Gasteiger partial charge < -0.3 is 15.8 Å². The molecule has 0 bridgehead atoms. The van der Waals surface area contributed by atoms with E-state index in [1.807, 2.05) is 0 Å². The van der Waals surface area contributed by atoms with Crippen molar-refractivity contribution < 1.29 is 23.6 Å². The molecule has 0 aromatic heterocycles. The quantitative estimate of drug-likeness (QED) is 0.355. The number of hydrogen-bond acceptors (Lipinski definition) is 6. The van der Waals surface area contributed by atoms with Crippen molar-refractivity contribution in [2.75, 3.05) is 11.1 Å². The molecule has 2 rings (SSSR count). The zero-order valence-corrected chi connectivity index (χ0v) is 14.1. The van der Waals surface area contributed by atoms with Crippen LogP contribution in [-0.4, -0.2) is 22.9 Å². The first-order valence-electron chi connectivity index (χ1n) is 7.20. The van der Waals surface area contributed by atoms with Crippen molar-refractivity contribution in [3.05, 3.63) is 62.9 Å². The highest BCUT2D eigenvalue weighted by Gasteiger charge is 2.23. The van der Waals surface area contributed by atoms with E-state index in [0.717, 1.165) is 24.3 Å². The first-order valence-corrected chi connectivity index (χ1v) is 7.57. The maximum absolute atomic E-state index is 13.0. The highest BCUT2D eigenvalue weighted by molar-refractivity contribution is 6.33. The minimum atomic E-state index is -1.26. The van der Waals surface area contributed by atoms with Crippen LogP contribution in [0, 0.1) is 15.9 Å². The molecule has 0 aliphatic carbocycles. The number of esters is 1. The average Bonchev–Trinajstić information content (AvgIpc) is 2.57. The highest BCUT2D eigenvalue weighted by atomic mass is 35.5. The average molecular weight is 382 g/mol. The molecule has 3 N–H and O–H groups in total. The predicted octanol–water partition coefficient (Wildman–Crippen LogP) is 3.15. The third-order valence-corrected chi connectivity index (χ3v) is 3.62. The molecule has 2 aromatic rings. The van der Waals surface area contributed by atoms with E-state index >= 15 is 0 Å². The molecule has 10 heteroatoms. The SMILES string of the molecule is C[C@@H](OC(=O)c1cc([N+](=O)[O-])ccc1N)C(=O)Nc1ccc(F)cc1Cl. The molecular weight excluding hydrogens is 369 g/mol. The van der Waals surface area contributed by atoms with Crippen LogP contribution in [0.15, 0.2) is 36.4 Å². The number of carbonyl (C=O) groups excluding carboxylic acids is 2. The van der Waals surface area contributed by atoms with Gasteiger partial charge in [-0.25, -0.2) is 9.18 Å². The van der Waals surface area contributed by atoms with Crippen LogP contribution >= 0.6 is 11.6 Å². The van der Waals surface area contributed by atoms with Gasteiger partial charge in [0.15, 0.2) is 6.10 Å². The number of nitro benzene ring substituents is 1. The number of rotatable bonds is 5. The van der Waals surface area contributed by atoms with Gasteiger partial charge >= 0.3 is 5.97 Å². The number of anilines is 2. The first-order chi connectivity index (χ1) is 12.2. The van der Waals surface area contributed by atoms with Crippen LogP contribution in [0.4, 0.5) is 21.5 Å². The number of hydrogen-bond donors (Lipinski definition) is 2. The third kappa shape index (κ3) is 4.45. The lowest BCUT2D eigenvalue weighted by Crippen LogP contribution is -2.30. The highest BCUT2D eigenvalue weighted by Crippen LogP contribution is 2.23. The number of amides is 1. The van der Waals surface area contributed by atoms with E-state index in [1.54, 1.807) is 0 Å². The number of ether oxygens (including phenoxy) is 1. The van der Waals surface area contributed by atoms with Gasteiger partial charge in [0.2, 0.25) is 0 Å². The second-order valence-corrected chi connectivity index (χ2v) is 5.60.